The lowest BCUT2D eigenvalue weighted by Crippen LogP contribution is -2.22. The van der Waals surface area contributed by atoms with Crippen LogP contribution in [0.15, 0.2) is 18.2 Å². The summed E-state index contributed by atoms with van der Waals surface area (Å²) in [7, 11) is 1.21. The summed E-state index contributed by atoms with van der Waals surface area (Å²) in [5.41, 5.74) is 5.79. The highest BCUT2D eigenvalue weighted by molar-refractivity contribution is 5.85. The third-order valence-electron chi connectivity index (χ3n) is 1.74. The molecule has 0 heterocycles. The van der Waals surface area contributed by atoms with Gasteiger partial charge in [0.2, 0.25) is 0 Å². The average Bonchev–Trinajstić information content (AvgIpc) is 2.14. The fourth-order valence-electron chi connectivity index (χ4n) is 1.06. The molecule has 1 aromatic carbocycles. The van der Waals surface area contributed by atoms with Crippen LogP contribution in [0.3, 0.4) is 0 Å². The number of esters is 1. The van der Waals surface area contributed by atoms with Crippen LogP contribution in [0.25, 0.3) is 0 Å². The van der Waals surface area contributed by atoms with Gasteiger partial charge in [-0.15, -0.1) is 12.4 Å². The van der Waals surface area contributed by atoms with E-state index in [4.69, 9.17) is 15.9 Å². The molecule has 0 radical (unpaired) electrons. The molecule has 15 heavy (non-hydrogen) atoms. The number of aromatic hydroxyl groups is 2. The van der Waals surface area contributed by atoms with Gasteiger partial charge in [-0.2, -0.15) is 0 Å². The van der Waals surface area contributed by atoms with Crippen molar-refractivity contribution in [2.45, 2.75) is 6.04 Å². The van der Waals surface area contributed by atoms with E-state index in [9.17, 15) is 4.79 Å². The van der Waals surface area contributed by atoms with E-state index < -0.39 is 12.0 Å². The number of hydrogen-bond acceptors (Lipinski definition) is 5. The second-order valence-electron chi connectivity index (χ2n) is 2.78. The van der Waals surface area contributed by atoms with Crippen molar-refractivity contribution < 1.29 is 19.7 Å². The molecule has 4 N–H and O–H groups in total. The fourth-order valence-corrected chi connectivity index (χ4v) is 1.06. The van der Waals surface area contributed by atoms with Gasteiger partial charge in [-0.25, -0.2) is 0 Å². The van der Waals surface area contributed by atoms with E-state index in [-0.39, 0.29) is 23.9 Å². The topological polar surface area (TPSA) is 92.8 Å². The number of methoxy groups -OCH3 is 1. The van der Waals surface area contributed by atoms with Crippen molar-refractivity contribution in [3.05, 3.63) is 23.8 Å². The monoisotopic (exact) mass is 233 g/mol. The van der Waals surface area contributed by atoms with Crippen LogP contribution in [0.1, 0.15) is 11.6 Å². The molecule has 0 spiro atoms. The van der Waals surface area contributed by atoms with Crippen molar-refractivity contribution >= 4 is 18.4 Å². The summed E-state index contributed by atoms with van der Waals surface area (Å²) in [6.45, 7) is 0. The maximum absolute atomic E-state index is 11.0. The van der Waals surface area contributed by atoms with Crippen LogP contribution < -0.4 is 5.73 Å². The van der Waals surface area contributed by atoms with Crippen LogP contribution >= 0.6 is 12.4 Å². The molecule has 0 fully saturated rings. The Hall–Kier alpha value is -1.46. The molecular weight excluding hydrogens is 222 g/mol. The normalized spacial score (nSPS) is 11.3. The van der Waals surface area contributed by atoms with Gasteiger partial charge in [0.1, 0.15) is 17.5 Å². The number of rotatable bonds is 2. The first-order valence-corrected chi connectivity index (χ1v) is 3.91. The summed E-state index contributed by atoms with van der Waals surface area (Å²) >= 11 is 0. The molecule has 0 aromatic heterocycles. The molecule has 1 atom stereocenters. The lowest BCUT2D eigenvalue weighted by Gasteiger charge is -2.09. The smallest absolute Gasteiger partial charge is 0.327 e. The van der Waals surface area contributed by atoms with E-state index in [0.29, 0.717) is 5.56 Å². The fraction of sp³-hybridized carbons (Fsp3) is 0.222. The highest BCUT2D eigenvalue weighted by atomic mass is 35.5. The molecule has 1 aromatic rings. The summed E-state index contributed by atoms with van der Waals surface area (Å²) in [5.74, 6) is -0.936. The van der Waals surface area contributed by atoms with Crippen molar-refractivity contribution in [2.24, 2.45) is 5.73 Å². The van der Waals surface area contributed by atoms with Gasteiger partial charge in [-0.05, 0) is 17.7 Å². The highest BCUT2D eigenvalue weighted by Crippen LogP contribution is 2.24. The summed E-state index contributed by atoms with van der Waals surface area (Å²) in [5, 5.41) is 18.3. The van der Waals surface area contributed by atoms with E-state index >= 15 is 0 Å². The van der Waals surface area contributed by atoms with E-state index in [1.807, 2.05) is 0 Å². The van der Waals surface area contributed by atoms with E-state index in [1.54, 1.807) is 0 Å². The molecule has 0 bridgehead atoms. The number of benzene rings is 1. The number of ether oxygens (including phenoxy) is 1. The van der Waals surface area contributed by atoms with Crippen LogP contribution in [0, 0.1) is 0 Å². The third kappa shape index (κ3) is 3.30. The Labute approximate surface area is 92.9 Å². The lowest BCUT2D eigenvalue weighted by molar-refractivity contribution is -0.142. The Kier molecular flexibility index (Phi) is 4.90. The quantitative estimate of drug-likeness (QED) is 0.654. The van der Waals surface area contributed by atoms with E-state index in [0.717, 1.165) is 6.07 Å². The molecule has 0 aliphatic carbocycles. The van der Waals surface area contributed by atoms with Crippen LogP contribution in [-0.2, 0) is 9.53 Å². The summed E-state index contributed by atoms with van der Waals surface area (Å²) in [6.07, 6.45) is 0. The molecule has 6 heteroatoms. The minimum Gasteiger partial charge on any atom is -0.508 e. The van der Waals surface area contributed by atoms with Crippen molar-refractivity contribution in [1.82, 2.24) is 0 Å². The molecule has 0 amide bonds. The van der Waals surface area contributed by atoms with E-state index in [1.165, 1.54) is 19.2 Å². The second-order valence-corrected chi connectivity index (χ2v) is 2.78. The number of nitrogens with two attached hydrogens (primary N) is 1. The molecule has 0 unspecified atom stereocenters. The SMILES string of the molecule is COC(=O)[C@@H](N)c1cc(O)cc(O)c1.Cl. The van der Waals surface area contributed by atoms with Gasteiger partial charge in [0, 0.05) is 6.07 Å². The second kappa shape index (κ2) is 5.43. The van der Waals surface area contributed by atoms with Gasteiger partial charge >= 0.3 is 5.97 Å². The van der Waals surface area contributed by atoms with Gasteiger partial charge in [-0.3, -0.25) is 4.79 Å². The zero-order valence-corrected chi connectivity index (χ0v) is 8.82. The molecule has 0 saturated carbocycles. The Bertz CT molecular complexity index is 336. The largest absolute Gasteiger partial charge is 0.508 e. The minimum atomic E-state index is -1.00. The highest BCUT2D eigenvalue weighted by Gasteiger charge is 2.17. The van der Waals surface area contributed by atoms with Crippen LogP contribution in [0.2, 0.25) is 0 Å². The van der Waals surface area contributed by atoms with Crippen molar-refractivity contribution in [3.63, 3.8) is 0 Å². The van der Waals surface area contributed by atoms with Crippen LogP contribution in [0.4, 0.5) is 0 Å². The first-order valence-electron chi connectivity index (χ1n) is 3.91. The lowest BCUT2D eigenvalue weighted by atomic mass is 10.1. The van der Waals surface area contributed by atoms with Gasteiger partial charge in [0.25, 0.3) is 0 Å². The summed E-state index contributed by atoms with van der Waals surface area (Å²) in [6, 6.07) is 2.73. The number of phenols is 2. The Balaban J connectivity index is 0.00000196. The van der Waals surface area contributed by atoms with Gasteiger partial charge in [0.15, 0.2) is 0 Å². The molecule has 0 aliphatic heterocycles. The van der Waals surface area contributed by atoms with Crippen molar-refractivity contribution in [1.29, 1.82) is 0 Å². The maximum Gasteiger partial charge on any atom is 0.327 e. The molecule has 84 valence electrons. The Morgan fingerprint density at radius 2 is 1.80 bits per heavy atom. The number of phenolic OH excluding ortho intramolecular Hbond substituents is 2. The molecular formula is C9H12ClNO4. The predicted molar refractivity (Wildman–Crippen MR) is 56.0 cm³/mol. The van der Waals surface area contributed by atoms with Gasteiger partial charge in [-0.1, -0.05) is 0 Å². The van der Waals surface area contributed by atoms with Crippen molar-refractivity contribution in [2.75, 3.05) is 7.11 Å². The Morgan fingerprint density at radius 1 is 1.33 bits per heavy atom. The summed E-state index contributed by atoms with van der Waals surface area (Å²) in [4.78, 5) is 11.0. The Morgan fingerprint density at radius 3 is 2.20 bits per heavy atom. The standard InChI is InChI=1S/C9H11NO4.ClH/c1-14-9(13)8(10)5-2-6(11)4-7(12)3-5;/h2-4,8,11-12H,10H2,1H3;1H/t8-;/m0./s1. The van der Waals surface area contributed by atoms with Crippen LogP contribution in [-0.4, -0.2) is 23.3 Å². The summed E-state index contributed by atoms with van der Waals surface area (Å²) < 4.78 is 4.42. The third-order valence-corrected chi connectivity index (χ3v) is 1.74. The minimum absolute atomic E-state index is 0. The molecule has 5 nitrogen and oxygen atoms in total. The van der Waals surface area contributed by atoms with Crippen molar-refractivity contribution in [3.8, 4) is 11.5 Å². The zero-order valence-electron chi connectivity index (χ0n) is 8.01. The number of hydrogen-bond donors (Lipinski definition) is 3. The van der Waals surface area contributed by atoms with Gasteiger partial charge in [0.05, 0.1) is 7.11 Å². The number of carbonyl (C=O) groups excluding carboxylic acids is 1. The molecule has 1 rings (SSSR count). The molecule has 0 saturated heterocycles. The van der Waals surface area contributed by atoms with E-state index in [2.05, 4.69) is 4.74 Å². The predicted octanol–water partition coefficient (Wildman–Crippen LogP) is 0.692. The maximum atomic E-state index is 11.0. The zero-order chi connectivity index (χ0) is 10.7. The van der Waals surface area contributed by atoms with Crippen LogP contribution in [0.5, 0.6) is 11.5 Å². The number of halogens is 1. The molecule has 0 aliphatic rings. The van der Waals surface area contributed by atoms with Gasteiger partial charge < -0.3 is 20.7 Å². The first kappa shape index (κ1) is 13.5. The first-order chi connectivity index (χ1) is 6.54. The number of carbonyl (C=O) groups is 1. The average molecular weight is 234 g/mol.